The van der Waals surface area contributed by atoms with Crippen LogP contribution in [0.15, 0.2) is 150 Å². The molecule has 5 heteroatoms. The Balaban J connectivity index is 1.34. The molecule has 0 spiro atoms. The van der Waals surface area contributed by atoms with E-state index in [-0.39, 0.29) is 0 Å². The van der Waals surface area contributed by atoms with E-state index in [1.54, 1.807) is 0 Å². The first-order valence-electron chi connectivity index (χ1n) is 15.1. The molecule has 45 heavy (non-hydrogen) atoms. The van der Waals surface area contributed by atoms with E-state index in [2.05, 4.69) is 137 Å². The second-order valence-electron chi connectivity index (χ2n) is 11.4. The van der Waals surface area contributed by atoms with Crippen LogP contribution in [0.4, 0.5) is 0 Å². The first-order valence-corrected chi connectivity index (χ1v) is 15.1. The summed E-state index contributed by atoms with van der Waals surface area (Å²) in [6.07, 6.45) is 0. The van der Waals surface area contributed by atoms with Gasteiger partial charge in [-0.05, 0) is 48.5 Å². The number of hydrogen-bond acceptors (Lipinski definition) is 3. The Labute approximate surface area is 257 Å². The highest BCUT2D eigenvalue weighted by Crippen LogP contribution is 2.40. The third-order valence-electron chi connectivity index (χ3n) is 8.96. The van der Waals surface area contributed by atoms with E-state index < -0.39 is 0 Å². The van der Waals surface area contributed by atoms with Crippen molar-refractivity contribution in [3.63, 3.8) is 0 Å². The number of para-hydroxylation sites is 6. The van der Waals surface area contributed by atoms with Gasteiger partial charge in [0, 0.05) is 32.5 Å². The molecule has 0 fully saturated rings. The molecule has 5 nitrogen and oxygen atoms in total. The maximum Gasteiger partial charge on any atom is 0.197 e. The fourth-order valence-electron chi connectivity index (χ4n) is 7.04. The van der Waals surface area contributed by atoms with Crippen LogP contribution in [0.3, 0.4) is 0 Å². The number of rotatable bonds is 3. The highest BCUT2D eigenvalue weighted by molar-refractivity contribution is 6.12. The Bertz CT molecular complexity index is 2670. The Hall–Kier alpha value is -6.20. The van der Waals surface area contributed by atoms with Gasteiger partial charge < -0.3 is 8.98 Å². The number of benzene rings is 6. The average Bonchev–Trinajstić information content (AvgIpc) is 3.76. The summed E-state index contributed by atoms with van der Waals surface area (Å²) in [4.78, 5) is 10.6. The molecule has 0 aliphatic heterocycles. The van der Waals surface area contributed by atoms with Gasteiger partial charge in [-0.15, -0.1) is 0 Å². The van der Waals surface area contributed by atoms with Crippen LogP contribution < -0.4 is 0 Å². The zero-order chi connectivity index (χ0) is 29.5. The lowest BCUT2D eigenvalue weighted by Gasteiger charge is -2.14. The smallest absolute Gasteiger partial charge is 0.197 e. The second kappa shape index (κ2) is 9.15. The zero-order valence-corrected chi connectivity index (χ0v) is 24.1. The predicted molar refractivity (Wildman–Crippen MR) is 183 cm³/mol. The first kappa shape index (κ1) is 24.3. The van der Waals surface area contributed by atoms with Crippen LogP contribution >= 0.6 is 0 Å². The van der Waals surface area contributed by atoms with Gasteiger partial charge in [0.25, 0.3) is 0 Å². The van der Waals surface area contributed by atoms with Crippen molar-refractivity contribution in [3.8, 4) is 22.9 Å². The molecule has 4 heterocycles. The number of aromatic nitrogens is 4. The van der Waals surface area contributed by atoms with Crippen LogP contribution in [0, 0.1) is 0 Å². The van der Waals surface area contributed by atoms with E-state index in [1.165, 1.54) is 21.5 Å². The van der Waals surface area contributed by atoms with Gasteiger partial charge in [0.15, 0.2) is 17.2 Å². The molecule has 10 rings (SSSR count). The lowest BCUT2D eigenvalue weighted by atomic mass is 10.1. The van der Waals surface area contributed by atoms with Gasteiger partial charge in [-0.3, -0.25) is 4.57 Å². The van der Waals surface area contributed by atoms with Gasteiger partial charge in [0.1, 0.15) is 11.1 Å². The number of furan rings is 1. The molecule has 0 N–H and O–H groups in total. The average molecular weight is 577 g/mol. The third-order valence-corrected chi connectivity index (χ3v) is 8.96. The van der Waals surface area contributed by atoms with Crippen LogP contribution in [0.2, 0.25) is 0 Å². The molecule has 0 aliphatic rings. The van der Waals surface area contributed by atoms with E-state index in [9.17, 15) is 0 Å². The van der Waals surface area contributed by atoms with Crippen molar-refractivity contribution >= 4 is 65.7 Å². The summed E-state index contributed by atoms with van der Waals surface area (Å²) < 4.78 is 11.1. The van der Waals surface area contributed by atoms with Crippen LogP contribution in [0.5, 0.6) is 0 Å². The minimum atomic E-state index is 0.642. The number of fused-ring (bicyclic) bond motifs is 9. The molecule has 0 saturated carbocycles. The minimum absolute atomic E-state index is 0.642. The minimum Gasteiger partial charge on any atom is -0.450 e. The van der Waals surface area contributed by atoms with E-state index >= 15 is 0 Å². The van der Waals surface area contributed by atoms with Crippen molar-refractivity contribution in [3.05, 3.63) is 146 Å². The molecular formula is C40H24N4O. The lowest BCUT2D eigenvalue weighted by Crippen LogP contribution is -2.04. The molecule has 10 aromatic rings. The second-order valence-corrected chi connectivity index (χ2v) is 11.4. The maximum atomic E-state index is 6.56. The monoisotopic (exact) mass is 576 g/mol. The van der Waals surface area contributed by atoms with Crippen molar-refractivity contribution in [1.29, 1.82) is 0 Å². The van der Waals surface area contributed by atoms with Gasteiger partial charge in [0.05, 0.1) is 27.8 Å². The molecular weight excluding hydrogens is 552 g/mol. The van der Waals surface area contributed by atoms with Gasteiger partial charge in [0.2, 0.25) is 0 Å². The van der Waals surface area contributed by atoms with Crippen molar-refractivity contribution in [2.45, 2.75) is 0 Å². The quantitative estimate of drug-likeness (QED) is 0.210. The maximum absolute atomic E-state index is 6.56. The summed E-state index contributed by atoms with van der Waals surface area (Å²) >= 11 is 0. The van der Waals surface area contributed by atoms with Gasteiger partial charge in [-0.2, -0.15) is 0 Å². The summed E-state index contributed by atoms with van der Waals surface area (Å²) in [6.45, 7) is 0. The van der Waals surface area contributed by atoms with Crippen molar-refractivity contribution in [1.82, 2.24) is 19.1 Å². The Morgan fingerprint density at radius 1 is 0.422 bits per heavy atom. The van der Waals surface area contributed by atoms with E-state index in [1.807, 2.05) is 18.2 Å². The van der Waals surface area contributed by atoms with Crippen molar-refractivity contribution < 1.29 is 4.42 Å². The number of nitrogens with zero attached hydrogens (tertiary/aromatic N) is 4. The first-order chi connectivity index (χ1) is 22.3. The molecule has 0 unspecified atom stereocenters. The third kappa shape index (κ3) is 3.38. The van der Waals surface area contributed by atoms with Gasteiger partial charge >= 0.3 is 0 Å². The lowest BCUT2D eigenvalue weighted by molar-refractivity contribution is 0.662. The van der Waals surface area contributed by atoms with E-state index in [0.29, 0.717) is 11.4 Å². The van der Waals surface area contributed by atoms with Crippen molar-refractivity contribution in [2.75, 3.05) is 0 Å². The topological polar surface area (TPSA) is 48.8 Å². The molecule has 0 amide bonds. The van der Waals surface area contributed by atoms with E-state index in [0.717, 1.165) is 55.6 Å². The fraction of sp³-hybridized carbons (Fsp3) is 0. The Kier molecular flexibility index (Phi) is 4.93. The van der Waals surface area contributed by atoms with Crippen molar-refractivity contribution in [2.24, 2.45) is 0 Å². The van der Waals surface area contributed by atoms with Crippen LogP contribution in [-0.4, -0.2) is 19.1 Å². The van der Waals surface area contributed by atoms with Gasteiger partial charge in [-0.25, -0.2) is 9.97 Å². The summed E-state index contributed by atoms with van der Waals surface area (Å²) in [5.74, 6) is 1.36. The summed E-state index contributed by atoms with van der Waals surface area (Å²) in [7, 11) is 0. The Morgan fingerprint density at radius 2 is 0.889 bits per heavy atom. The zero-order valence-electron chi connectivity index (χ0n) is 24.1. The normalized spacial score (nSPS) is 12.0. The fourth-order valence-corrected chi connectivity index (χ4v) is 7.04. The number of hydrogen-bond donors (Lipinski definition) is 0. The predicted octanol–water partition coefficient (Wildman–Crippen LogP) is 10.2. The molecule has 210 valence electrons. The molecule has 4 aromatic heterocycles. The summed E-state index contributed by atoms with van der Waals surface area (Å²) in [5.41, 5.74) is 8.64. The van der Waals surface area contributed by atoms with Gasteiger partial charge in [-0.1, -0.05) is 97.1 Å². The molecule has 0 saturated heterocycles. The molecule has 0 atom stereocenters. The standard InChI is InChI=1S/C40H24N4O/c1-7-19-31-25(13-1)26-14-2-8-20-32(26)43(31)35-23-11-5-17-29(35)39-41-37-30-18-6-12-24-36(30)45-38(37)40(42-39)44-33-21-9-3-15-27(33)28-16-4-10-22-34(28)44/h1-24H. The molecule has 0 aliphatic carbocycles. The molecule has 6 aromatic carbocycles. The van der Waals surface area contributed by atoms with Crippen LogP contribution in [0.25, 0.3) is 88.6 Å². The highest BCUT2D eigenvalue weighted by Gasteiger charge is 2.23. The van der Waals surface area contributed by atoms with E-state index in [4.69, 9.17) is 14.4 Å². The van der Waals surface area contributed by atoms with Crippen LogP contribution in [0.1, 0.15) is 0 Å². The summed E-state index contributed by atoms with van der Waals surface area (Å²) in [6, 6.07) is 50.7. The van der Waals surface area contributed by atoms with Crippen LogP contribution in [-0.2, 0) is 0 Å². The largest absolute Gasteiger partial charge is 0.450 e. The molecule has 0 bridgehead atoms. The summed E-state index contributed by atoms with van der Waals surface area (Å²) in [5, 5.41) is 5.73. The SMILES string of the molecule is c1ccc(-n2c3ccccc3c3ccccc32)c(-c2nc(-n3c4ccccc4c4ccccc43)c3oc4ccccc4c3n2)c1. The molecule has 0 radical (unpaired) electrons. The highest BCUT2D eigenvalue weighted by atomic mass is 16.3. The Morgan fingerprint density at radius 3 is 1.49 bits per heavy atom.